The minimum Gasteiger partial charge on any atom is -0.336 e. The van der Waals surface area contributed by atoms with Crippen molar-refractivity contribution in [3.8, 4) is 0 Å². The zero-order valence-corrected chi connectivity index (χ0v) is 15.3. The van der Waals surface area contributed by atoms with E-state index in [9.17, 15) is 4.79 Å². The predicted molar refractivity (Wildman–Crippen MR) is 95.6 cm³/mol. The highest BCUT2D eigenvalue weighted by atomic mass is 79.9. The van der Waals surface area contributed by atoms with E-state index in [0.717, 1.165) is 48.0 Å². The van der Waals surface area contributed by atoms with E-state index in [-0.39, 0.29) is 5.97 Å². The first kappa shape index (κ1) is 16.5. The van der Waals surface area contributed by atoms with E-state index in [1.165, 1.54) is 10.9 Å². The summed E-state index contributed by atoms with van der Waals surface area (Å²) in [6.07, 6.45) is 3.13. The van der Waals surface area contributed by atoms with Crippen molar-refractivity contribution < 1.29 is 9.63 Å². The smallest absolute Gasteiger partial charge is 0.332 e. The van der Waals surface area contributed by atoms with Crippen molar-refractivity contribution in [3.05, 3.63) is 33.9 Å². The van der Waals surface area contributed by atoms with Crippen LogP contribution in [0, 0.1) is 5.92 Å². The maximum absolute atomic E-state index is 12.2. The van der Waals surface area contributed by atoms with Gasteiger partial charge in [0.2, 0.25) is 0 Å². The van der Waals surface area contributed by atoms with Crippen LogP contribution >= 0.6 is 15.9 Å². The lowest BCUT2D eigenvalue weighted by molar-refractivity contribution is -0.144. The number of benzene rings is 1. The molecule has 1 aromatic heterocycles. The molecule has 2 heterocycles. The molecule has 0 spiro atoms. The molecule has 2 aromatic rings. The van der Waals surface area contributed by atoms with Gasteiger partial charge >= 0.3 is 5.97 Å². The number of carbonyl (C=O) groups is 1. The van der Waals surface area contributed by atoms with Gasteiger partial charge in [-0.05, 0) is 43.0 Å². The maximum Gasteiger partial charge on any atom is 0.332 e. The predicted octanol–water partition coefficient (Wildman–Crippen LogP) is 3.48. The Kier molecular flexibility index (Phi) is 5.07. The second kappa shape index (κ2) is 7.05. The monoisotopic (exact) mass is 378 g/mol. The highest BCUT2D eigenvalue weighted by Crippen LogP contribution is 2.33. The summed E-state index contributed by atoms with van der Waals surface area (Å²) in [5.74, 6) is 0.343. The van der Waals surface area contributed by atoms with Crippen molar-refractivity contribution in [2.75, 3.05) is 13.1 Å². The molecule has 3 rings (SSSR count). The largest absolute Gasteiger partial charge is 0.336 e. The van der Waals surface area contributed by atoms with Crippen LogP contribution in [0.15, 0.2) is 22.7 Å². The summed E-state index contributed by atoms with van der Waals surface area (Å²) in [5, 5.41) is 4.59. The van der Waals surface area contributed by atoms with Crippen molar-refractivity contribution in [1.82, 2.24) is 10.0 Å². The van der Waals surface area contributed by atoms with E-state index in [1.54, 1.807) is 4.73 Å². The average Bonchev–Trinajstić information content (AvgIpc) is 2.67. The fourth-order valence-electron chi connectivity index (χ4n) is 3.12. The first-order chi connectivity index (χ1) is 11.1. The van der Waals surface area contributed by atoms with Crippen LogP contribution < -0.4 is 10.2 Å². The van der Waals surface area contributed by atoms with Crippen LogP contribution in [0.5, 0.6) is 0 Å². The molecule has 4 nitrogen and oxygen atoms in total. The van der Waals surface area contributed by atoms with Crippen molar-refractivity contribution >= 4 is 32.8 Å². The first-order valence-electron chi connectivity index (χ1n) is 8.30. The van der Waals surface area contributed by atoms with Gasteiger partial charge in [0, 0.05) is 29.2 Å². The minimum atomic E-state index is -0.157. The number of rotatable bonds is 4. The summed E-state index contributed by atoms with van der Waals surface area (Å²) in [6.45, 7) is 6.10. The molecular weight excluding hydrogens is 356 g/mol. The molecule has 1 aliphatic rings. The number of hydrogen-bond donors (Lipinski definition) is 1. The zero-order valence-electron chi connectivity index (χ0n) is 13.7. The van der Waals surface area contributed by atoms with E-state index in [2.05, 4.69) is 35.1 Å². The Labute approximate surface area is 145 Å². The van der Waals surface area contributed by atoms with Gasteiger partial charge in [-0.25, -0.2) is 4.79 Å². The molecule has 1 aliphatic heterocycles. The minimum absolute atomic E-state index is 0.157. The Bertz CT molecular complexity index is 721. The summed E-state index contributed by atoms with van der Waals surface area (Å²) >= 11 is 3.66. The number of carbonyl (C=O) groups excluding carboxylic acids is 1. The fourth-order valence-corrected chi connectivity index (χ4v) is 3.71. The molecular formula is C18H23BrN2O2. The third-order valence-electron chi connectivity index (χ3n) is 4.31. The maximum atomic E-state index is 12.2. The van der Waals surface area contributed by atoms with Crippen molar-refractivity contribution in [2.45, 2.75) is 39.5 Å². The second-order valence-corrected chi connectivity index (χ2v) is 7.35. The summed E-state index contributed by atoms with van der Waals surface area (Å²) in [5.41, 5.74) is 3.38. The third kappa shape index (κ3) is 3.45. The van der Waals surface area contributed by atoms with Crippen LogP contribution in [0.2, 0.25) is 0 Å². The Morgan fingerprint density at radius 2 is 2.13 bits per heavy atom. The van der Waals surface area contributed by atoms with E-state index < -0.39 is 0 Å². The molecule has 0 unspecified atom stereocenters. The van der Waals surface area contributed by atoms with Crippen LogP contribution in [-0.2, 0) is 17.6 Å². The molecule has 0 amide bonds. The van der Waals surface area contributed by atoms with Gasteiger partial charge in [0.25, 0.3) is 0 Å². The van der Waals surface area contributed by atoms with E-state index in [0.29, 0.717) is 12.3 Å². The lowest BCUT2D eigenvalue weighted by Gasteiger charge is -2.11. The molecule has 0 fully saturated rings. The summed E-state index contributed by atoms with van der Waals surface area (Å²) in [6, 6.07) is 6.06. The number of hydrogen-bond acceptors (Lipinski definition) is 3. The van der Waals surface area contributed by atoms with Gasteiger partial charge in [0.05, 0.1) is 11.2 Å². The molecule has 0 saturated heterocycles. The Hall–Kier alpha value is -1.33. The van der Waals surface area contributed by atoms with Gasteiger partial charge in [-0.2, -0.15) is 4.73 Å². The molecule has 0 radical (unpaired) electrons. The number of fused-ring (bicyclic) bond motifs is 3. The molecule has 0 bridgehead atoms. The number of nitrogens with one attached hydrogen (secondary N) is 1. The molecule has 124 valence electrons. The van der Waals surface area contributed by atoms with Gasteiger partial charge < -0.3 is 10.2 Å². The molecule has 23 heavy (non-hydrogen) atoms. The lowest BCUT2D eigenvalue weighted by Crippen LogP contribution is -2.23. The second-order valence-electron chi connectivity index (χ2n) is 6.50. The van der Waals surface area contributed by atoms with Crippen LogP contribution in [-0.4, -0.2) is 23.8 Å². The van der Waals surface area contributed by atoms with Crippen LogP contribution in [0.25, 0.3) is 10.9 Å². The average molecular weight is 379 g/mol. The van der Waals surface area contributed by atoms with Crippen LogP contribution in [0.1, 0.15) is 37.9 Å². The van der Waals surface area contributed by atoms with Crippen LogP contribution in [0.4, 0.5) is 0 Å². The zero-order chi connectivity index (χ0) is 16.4. The number of nitrogens with zero attached hydrogens (tertiary/aromatic N) is 1. The van der Waals surface area contributed by atoms with Gasteiger partial charge in [0.15, 0.2) is 0 Å². The lowest BCUT2D eigenvalue weighted by atomic mass is 10.1. The topological polar surface area (TPSA) is 43.3 Å². The molecule has 1 aromatic carbocycles. The first-order valence-corrected chi connectivity index (χ1v) is 9.09. The van der Waals surface area contributed by atoms with Gasteiger partial charge in [-0.15, -0.1) is 0 Å². The summed E-state index contributed by atoms with van der Waals surface area (Å²) in [7, 11) is 0. The Morgan fingerprint density at radius 3 is 2.91 bits per heavy atom. The van der Waals surface area contributed by atoms with Gasteiger partial charge in [0.1, 0.15) is 0 Å². The Balaban J connectivity index is 2.00. The molecule has 0 atom stereocenters. The van der Waals surface area contributed by atoms with Gasteiger partial charge in [-0.3, -0.25) is 0 Å². The Morgan fingerprint density at radius 1 is 1.35 bits per heavy atom. The third-order valence-corrected chi connectivity index (χ3v) is 4.98. The quantitative estimate of drug-likeness (QED) is 0.885. The molecule has 1 N–H and O–H groups in total. The molecule has 5 heteroatoms. The molecule has 0 saturated carbocycles. The van der Waals surface area contributed by atoms with Crippen LogP contribution in [0.3, 0.4) is 0 Å². The fraction of sp³-hybridized carbons (Fsp3) is 0.500. The van der Waals surface area contributed by atoms with E-state index in [1.807, 2.05) is 18.2 Å². The van der Waals surface area contributed by atoms with E-state index in [4.69, 9.17) is 4.84 Å². The summed E-state index contributed by atoms with van der Waals surface area (Å²) in [4.78, 5) is 18.0. The van der Waals surface area contributed by atoms with Crippen molar-refractivity contribution in [1.29, 1.82) is 0 Å². The highest BCUT2D eigenvalue weighted by molar-refractivity contribution is 9.10. The SMILES string of the molecule is CC(C)CCC(=O)On1c2c(c3c(Br)cccc31)CCNCC2. The normalized spacial score (nSPS) is 14.8. The standard InChI is InChI=1S/C18H23BrN2O2/c1-12(2)6-7-17(22)23-21-15-9-11-20-10-8-13(15)18-14(19)4-3-5-16(18)21/h3-5,12,20H,6-11H2,1-2H3. The van der Waals surface area contributed by atoms with Crippen molar-refractivity contribution in [3.63, 3.8) is 0 Å². The van der Waals surface area contributed by atoms with Gasteiger partial charge in [-0.1, -0.05) is 35.8 Å². The number of halogens is 1. The number of aromatic nitrogens is 1. The molecule has 0 aliphatic carbocycles. The summed E-state index contributed by atoms with van der Waals surface area (Å²) < 4.78 is 2.83. The van der Waals surface area contributed by atoms with Crippen molar-refractivity contribution in [2.24, 2.45) is 5.92 Å². The van der Waals surface area contributed by atoms with E-state index >= 15 is 0 Å². The highest BCUT2D eigenvalue weighted by Gasteiger charge is 2.22.